The first kappa shape index (κ1) is 20.3. The molecule has 4 amide bonds. The minimum Gasteiger partial charge on any atom is -0.497 e. The van der Waals surface area contributed by atoms with Crippen molar-refractivity contribution >= 4 is 51.5 Å². The normalized spacial score (nSPS) is 15.3. The highest BCUT2D eigenvalue weighted by Gasteiger charge is 2.37. The van der Waals surface area contributed by atoms with E-state index < -0.39 is 23.8 Å². The number of anilines is 1. The molecular formula is C20H15BrN2O6. The first-order valence-corrected chi connectivity index (χ1v) is 9.13. The Kier molecular flexibility index (Phi) is 5.79. The molecule has 1 N–H and O–H groups in total. The average Bonchev–Trinajstić information content (AvgIpc) is 2.67. The van der Waals surface area contributed by atoms with Crippen LogP contribution >= 0.6 is 15.9 Å². The zero-order valence-corrected chi connectivity index (χ0v) is 17.0. The van der Waals surface area contributed by atoms with Crippen molar-refractivity contribution < 1.29 is 28.7 Å². The van der Waals surface area contributed by atoms with Crippen LogP contribution in [0.2, 0.25) is 0 Å². The molecule has 8 nitrogen and oxygen atoms in total. The number of benzene rings is 2. The third kappa shape index (κ3) is 4.35. The van der Waals surface area contributed by atoms with Crippen molar-refractivity contribution in [2.45, 2.75) is 6.92 Å². The number of barbiturate groups is 1. The lowest BCUT2D eigenvalue weighted by Gasteiger charge is -2.26. The summed E-state index contributed by atoms with van der Waals surface area (Å²) in [5.41, 5.74) is 0.296. The van der Waals surface area contributed by atoms with E-state index in [1.807, 2.05) is 0 Å². The summed E-state index contributed by atoms with van der Waals surface area (Å²) in [6.07, 6.45) is 1.27. The summed E-state index contributed by atoms with van der Waals surface area (Å²) in [5.74, 6) is -1.50. The van der Waals surface area contributed by atoms with Gasteiger partial charge in [-0.05, 0) is 48.5 Å². The largest absolute Gasteiger partial charge is 0.497 e. The average molecular weight is 459 g/mol. The van der Waals surface area contributed by atoms with Gasteiger partial charge in [0, 0.05) is 17.0 Å². The van der Waals surface area contributed by atoms with E-state index in [2.05, 4.69) is 21.2 Å². The van der Waals surface area contributed by atoms with Crippen LogP contribution in [-0.2, 0) is 14.4 Å². The van der Waals surface area contributed by atoms with Crippen LogP contribution in [0.25, 0.3) is 6.08 Å². The number of nitrogens with one attached hydrogen (secondary N) is 1. The quantitative estimate of drug-likeness (QED) is 0.327. The van der Waals surface area contributed by atoms with Crippen molar-refractivity contribution in [3.05, 3.63) is 58.1 Å². The van der Waals surface area contributed by atoms with E-state index in [0.29, 0.717) is 15.8 Å². The standard InChI is InChI=1S/C20H15BrN2O6/c1-11(24)29-17-8-3-13(21)9-12(17)10-16-18(25)22-20(27)23(19(16)26)14-4-6-15(28-2)7-5-14/h3-10H,1-2H3,(H,22,25,27)/b16-10-. The molecule has 1 aliphatic heterocycles. The number of imide groups is 2. The third-order valence-corrected chi connectivity index (χ3v) is 4.45. The van der Waals surface area contributed by atoms with E-state index in [-0.39, 0.29) is 17.0 Å². The molecule has 0 aliphatic carbocycles. The second-order valence-electron chi connectivity index (χ2n) is 5.93. The Morgan fingerprint density at radius 1 is 1.10 bits per heavy atom. The van der Waals surface area contributed by atoms with Crippen LogP contribution in [0.3, 0.4) is 0 Å². The number of halogens is 1. The summed E-state index contributed by atoms with van der Waals surface area (Å²) in [5, 5.41) is 2.14. The molecule has 2 aromatic rings. The lowest BCUT2D eigenvalue weighted by atomic mass is 10.1. The molecule has 1 fully saturated rings. The molecule has 2 aromatic carbocycles. The Bertz CT molecular complexity index is 1050. The van der Waals surface area contributed by atoms with E-state index in [1.54, 1.807) is 24.3 Å². The fourth-order valence-corrected chi connectivity index (χ4v) is 3.04. The van der Waals surface area contributed by atoms with Gasteiger partial charge >= 0.3 is 12.0 Å². The molecule has 0 spiro atoms. The summed E-state index contributed by atoms with van der Waals surface area (Å²) in [6, 6.07) is 10.1. The minimum absolute atomic E-state index is 0.168. The maximum Gasteiger partial charge on any atom is 0.335 e. The van der Waals surface area contributed by atoms with Gasteiger partial charge in [-0.3, -0.25) is 19.7 Å². The van der Waals surface area contributed by atoms with Gasteiger partial charge < -0.3 is 9.47 Å². The predicted octanol–water partition coefficient (Wildman–Crippen LogP) is 3.05. The summed E-state index contributed by atoms with van der Waals surface area (Å²) in [6.45, 7) is 1.24. The fraction of sp³-hybridized carbons (Fsp3) is 0.100. The van der Waals surface area contributed by atoms with E-state index in [0.717, 1.165) is 4.90 Å². The molecule has 0 saturated carbocycles. The highest BCUT2D eigenvalue weighted by molar-refractivity contribution is 9.10. The molecule has 0 unspecified atom stereocenters. The molecule has 1 heterocycles. The smallest absolute Gasteiger partial charge is 0.335 e. The van der Waals surface area contributed by atoms with Crippen molar-refractivity contribution in [2.24, 2.45) is 0 Å². The van der Waals surface area contributed by atoms with Crippen molar-refractivity contribution in [3.63, 3.8) is 0 Å². The van der Waals surface area contributed by atoms with Crippen LogP contribution in [0.15, 0.2) is 52.5 Å². The first-order chi connectivity index (χ1) is 13.8. The molecule has 29 heavy (non-hydrogen) atoms. The molecule has 0 aromatic heterocycles. The van der Waals surface area contributed by atoms with Crippen LogP contribution in [0.5, 0.6) is 11.5 Å². The summed E-state index contributed by atoms with van der Waals surface area (Å²) in [7, 11) is 1.49. The van der Waals surface area contributed by atoms with Gasteiger partial charge in [-0.25, -0.2) is 9.69 Å². The number of ether oxygens (including phenoxy) is 2. The lowest BCUT2D eigenvalue weighted by molar-refractivity contribution is -0.132. The molecule has 9 heteroatoms. The second-order valence-corrected chi connectivity index (χ2v) is 6.85. The van der Waals surface area contributed by atoms with E-state index in [4.69, 9.17) is 9.47 Å². The number of hydrogen-bond donors (Lipinski definition) is 1. The van der Waals surface area contributed by atoms with Crippen LogP contribution < -0.4 is 19.7 Å². The Morgan fingerprint density at radius 3 is 2.41 bits per heavy atom. The SMILES string of the molecule is COc1ccc(N2C(=O)NC(=O)/C(=C/c3cc(Br)ccc3OC(C)=O)C2=O)cc1. The van der Waals surface area contributed by atoms with Crippen molar-refractivity contribution in [1.82, 2.24) is 5.32 Å². The van der Waals surface area contributed by atoms with Crippen LogP contribution in [0.4, 0.5) is 10.5 Å². The first-order valence-electron chi connectivity index (χ1n) is 8.33. The lowest BCUT2D eigenvalue weighted by Crippen LogP contribution is -2.54. The monoisotopic (exact) mass is 458 g/mol. The zero-order chi connectivity index (χ0) is 21.1. The third-order valence-electron chi connectivity index (χ3n) is 3.96. The number of methoxy groups -OCH3 is 1. The topological polar surface area (TPSA) is 102 Å². The summed E-state index contributed by atoms with van der Waals surface area (Å²) < 4.78 is 10.8. The highest BCUT2D eigenvalue weighted by Crippen LogP contribution is 2.28. The Morgan fingerprint density at radius 2 is 1.79 bits per heavy atom. The van der Waals surface area contributed by atoms with Crippen molar-refractivity contribution in [3.8, 4) is 11.5 Å². The highest BCUT2D eigenvalue weighted by atomic mass is 79.9. The van der Waals surface area contributed by atoms with Gasteiger partial charge in [-0.1, -0.05) is 15.9 Å². The van der Waals surface area contributed by atoms with E-state index >= 15 is 0 Å². The van der Waals surface area contributed by atoms with Gasteiger partial charge in [0.15, 0.2) is 0 Å². The number of amides is 4. The molecule has 1 aliphatic rings. The number of nitrogens with zero attached hydrogens (tertiary/aromatic N) is 1. The Balaban J connectivity index is 2.03. The summed E-state index contributed by atoms with van der Waals surface area (Å²) >= 11 is 3.30. The number of carbonyl (C=O) groups excluding carboxylic acids is 4. The second kappa shape index (κ2) is 8.27. The van der Waals surface area contributed by atoms with E-state index in [1.165, 1.54) is 38.3 Å². The maximum absolute atomic E-state index is 12.9. The van der Waals surface area contributed by atoms with Crippen molar-refractivity contribution in [1.29, 1.82) is 0 Å². The van der Waals surface area contributed by atoms with Gasteiger partial charge in [0.1, 0.15) is 17.1 Å². The van der Waals surface area contributed by atoms with Crippen molar-refractivity contribution in [2.75, 3.05) is 12.0 Å². The molecule has 1 saturated heterocycles. The fourth-order valence-electron chi connectivity index (χ4n) is 2.66. The van der Waals surface area contributed by atoms with Gasteiger partial charge in [0.25, 0.3) is 11.8 Å². The maximum atomic E-state index is 12.9. The summed E-state index contributed by atoms with van der Waals surface area (Å²) in [4.78, 5) is 49.7. The Hall–Kier alpha value is -3.46. The predicted molar refractivity (Wildman–Crippen MR) is 107 cm³/mol. The van der Waals surface area contributed by atoms with E-state index in [9.17, 15) is 19.2 Å². The number of esters is 1. The molecular weight excluding hydrogens is 444 g/mol. The van der Waals surface area contributed by atoms with Gasteiger partial charge in [-0.2, -0.15) is 0 Å². The molecule has 3 rings (SSSR count). The van der Waals surface area contributed by atoms with Gasteiger partial charge in [0.2, 0.25) is 0 Å². The van der Waals surface area contributed by atoms with Gasteiger partial charge in [0.05, 0.1) is 12.8 Å². The van der Waals surface area contributed by atoms with Crippen LogP contribution in [0.1, 0.15) is 12.5 Å². The number of rotatable bonds is 4. The number of hydrogen-bond acceptors (Lipinski definition) is 6. The number of urea groups is 1. The minimum atomic E-state index is -0.864. The van der Waals surface area contributed by atoms with Crippen LogP contribution in [0, 0.1) is 0 Å². The molecule has 148 valence electrons. The number of carbonyl (C=O) groups is 4. The zero-order valence-electron chi connectivity index (χ0n) is 15.4. The van der Waals surface area contributed by atoms with Crippen LogP contribution in [-0.4, -0.2) is 30.9 Å². The Labute approximate surface area is 174 Å². The molecule has 0 bridgehead atoms. The van der Waals surface area contributed by atoms with Gasteiger partial charge in [-0.15, -0.1) is 0 Å². The molecule has 0 radical (unpaired) electrons. The molecule has 0 atom stereocenters.